The van der Waals surface area contributed by atoms with Crippen LogP contribution in [0.5, 0.6) is 0 Å². The molecule has 3 aromatic heterocycles. The minimum absolute atomic E-state index is 0.408. The molecular weight excluding hydrogens is 268 g/mol. The summed E-state index contributed by atoms with van der Waals surface area (Å²) in [6, 6.07) is 7.88. The second-order valence-corrected chi connectivity index (χ2v) is 4.79. The van der Waals surface area contributed by atoms with E-state index in [-0.39, 0.29) is 0 Å². The van der Waals surface area contributed by atoms with Gasteiger partial charge in [0.25, 0.3) is 0 Å². The van der Waals surface area contributed by atoms with Crippen molar-refractivity contribution in [1.82, 2.24) is 24.7 Å². The maximum Gasteiger partial charge on any atom is 0.223 e. The molecule has 0 atom stereocenters. The number of nitrogens with two attached hydrogens (primary N) is 1. The van der Waals surface area contributed by atoms with Gasteiger partial charge < -0.3 is 14.8 Å². The maximum absolute atomic E-state index is 6.04. The number of imidazole rings is 1. The number of nitrogen functional groups attached to an aromatic ring is 1. The second kappa shape index (κ2) is 4.27. The SMILES string of the molecule is Cc1nc(Cn2c(N)nc3cnc4ccccc4c32)no1. The summed E-state index contributed by atoms with van der Waals surface area (Å²) in [4.78, 5) is 13.0. The Kier molecular flexibility index (Phi) is 2.41. The molecule has 0 radical (unpaired) electrons. The summed E-state index contributed by atoms with van der Waals surface area (Å²) < 4.78 is 6.88. The number of fused-ring (bicyclic) bond motifs is 3. The van der Waals surface area contributed by atoms with Crippen LogP contribution in [-0.4, -0.2) is 24.7 Å². The molecule has 104 valence electrons. The number of benzene rings is 1. The Morgan fingerprint density at radius 1 is 1.19 bits per heavy atom. The number of anilines is 1. The van der Waals surface area contributed by atoms with Crippen molar-refractivity contribution >= 4 is 27.9 Å². The third kappa shape index (κ3) is 1.82. The van der Waals surface area contributed by atoms with Crippen LogP contribution in [0.3, 0.4) is 0 Å². The van der Waals surface area contributed by atoms with Crippen molar-refractivity contribution in [2.75, 3.05) is 5.73 Å². The van der Waals surface area contributed by atoms with Crippen LogP contribution in [-0.2, 0) is 6.54 Å². The van der Waals surface area contributed by atoms with Crippen LogP contribution in [0.1, 0.15) is 11.7 Å². The van der Waals surface area contributed by atoms with Crippen LogP contribution >= 0.6 is 0 Å². The van der Waals surface area contributed by atoms with Crippen molar-refractivity contribution in [1.29, 1.82) is 0 Å². The van der Waals surface area contributed by atoms with E-state index in [4.69, 9.17) is 10.3 Å². The van der Waals surface area contributed by atoms with Crippen molar-refractivity contribution in [2.45, 2.75) is 13.5 Å². The highest BCUT2D eigenvalue weighted by Gasteiger charge is 2.14. The van der Waals surface area contributed by atoms with E-state index in [0.717, 1.165) is 21.9 Å². The van der Waals surface area contributed by atoms with E-state index in [2.05, 4.69) is 20.1 Å². The van der Waals surface area contributed by atoms with Crippen LogP contribution in [0, 0.1) is 6.92 Å². The number of aryl methyl sites for hydroxylation is 1. The summed E-state index contributed by atoms with van der Waals surface area (Å²) >= 11 is 0. The Morgan fingerprint density at radius 2 is 2.05 bits per heavy atom. The average Bonchev–Trinajstić information content (AvgIpc) is 3.03. The number of nitrogens with zero attached hydrogens (tertiary/aromatic N) is 5. The van der Waals surface area contributed by atoms with E-state index in [0.29, 0.717) is 24.2 Å². The van der Waals surface area contributed by atoms with Crippen molar-refractivity contribution < 1.29 is 4.52 Å². The number of hydrogen-bond donors (Lipinski definition) is 1. The topological polar surface area (TPSA) is 95.7 Å². The molecule has 0 aliphatic heterocycles. The molecule has 3 heterocycles. The zero-order valence-corrected chi connectivity index (χ0v) is 11.3. The number of pyridine rings is 1. The summed E-state index contributed by atoms with van der Waals surface area (Å²) in [5.41, 5.74) is 8.62. The molecule has 0 bridgehead atoms. The lowest BCUT2D eigenvalue weighted by atomic mass is 10.2. The molecule has 7 heteroatoms. The van der Waals surface area contributed by atoms with Crippen LogP contribution in [0.2, 0.25) is 0 Å². The molecule has 4 aromatic rings. The smallest absolute Gasteiger partial charge is 0.223 e. The highest BCUT2D eigenvalue weighted by atomic mass is 16.5. The zero-order valence-electron chi connectivity index (χ0n) is 11.3. The van der Waals surface area contributed by atoms with Crippen LogP contribution < -0.4 is 5.73 Å². The molecule has 4 rings (SSSR count). The highest BCUT2D eigenvalue weighted by molar-refractivity contribution is 6.02. The Balaban J connectivity index is 1.98. The lowest BCUT2D eigenvalue weighted by Crippen LogP contribution is -2.06. The second-order valence-electron chi connectivity index (χ2n) is 4.79. The molecule has 0 saturated heterocycles. The van der Waals surface area contributed by atoms with E-state index in [1.807, 2.05) is 28.8 Å². The lowest BCUT2D eigenvalue weighted by Gasteiger charge is -2.05. The van der Waals surface area contributed by atoms with Crippen molar-refractivity contribution in [3.63, 3.8) is 0 Å². The third-order valence-corrected chi connectivity index (χ3v) is 3.38. The maximum atomic E-state index is 6.04. The monoisotopic (exact) mass is 280 g/mol. The van der Waals surface area contributed by atoms with Gasteiger partial charge in [-0.25, -0.2) is 4.98 Å². The molecule has 0 spiro atoms. The van der Waals surface area contributed by atoms with Crippen LogP contribution in [0.4, 0.5) is 5.95 Å². The van der Waals surface area contributed by atoms with Crippen LogP contribution in [0.15, 0.2) is 35.0 Å². The highest BCUT2D eigenvalue weighted by Crippen LogP contribution is 2.26. The van der Waals surface area contributed by atoms with Gasteiger partial charge in [-0.3, -0.25) is 4.98 Å². The summed E-state index contributed by atoms with van der Waals surface area (Å²) in [5.74, 6) is 1.50. The molecular formula is C14H12N6O. The number of hydrogen-bond acceptors (Lipinski definition) is 6. The summed E-state index contributed by atoms with van der Waals surface area (Å²) in [7, 11) is 0. The summed E-state index contributed by atoms with van der Waals surface area (Å²) in [6.45, 7) is 2.17. The molecule has 1 aromatic carbocycles. The third-order valence-electron chi connectivity index (χ3n) is 3.38. The quantitative estimate of drug-likeness (QED) is 0.602. The minimum atomic E-state index is 0.408. The first-order valence-electron chi connectivity index (χ1n) is 6.51. The van der Waals surface area contributed by atoms with Gasteiger partial charge in [-0.1, -0.05) is 23.4 Å². The fourth-order valence-electron chi connectivity index (χ4n) is 2.49. The molecule has 7 nitrogen and oxygen atoms in total. The van der Waals surface area contributed by atoms with Gasteiger partial charge in [0, 0.05) is 12.3 Å². The first-order chi connectivity index (χ1) is 10.2. The predicted molar refractivity (Wildman–Crippen MR) is 77.6 cm³/mol. The van der Waals surface area contributed by atoms with Crippen molar-refractivity contribution in [3.05, 3.63) is 42.2 Å². The molecule has 21 heavy (non-hydrogen) atoms. The molecule has 0 amide bonds. The molecule has 0 fully saturated rings. The molecule has 0 aliphatic carbocycles. The van der Waals surface area contributed by atoms with Gasteiger partial charge >= 0.3 is 0 Å². The lowest BCUT2D eigenvalue weighted by molar-refractivity contribution is 0.386. The van der Waals surface area contributed by atoms with Gasteiger partial charge in [-0.05, 0) is 6.07 Å². The number of rotatable bonds is 2. The van der Waals surface area contributed by atoms with Crippen molar-refractivity contribution in [2.24, 2.45) is 0 Å². The van der Waals surface area contributed by atoms with E-state index in [1.54, 1.807) is 13.1 Å². The van der Waals surface area contributed by atoms with Gasteiger partial charge in [-0.2, -0.15) is 4.98 Å². The van der Waals surface area contributed by atoms with E-state index in [9.17, 15) is 0 Å². The Bertz CT molecular complexity index is 955. The average molecular weight is 280 g/mol. The van der Waals surface area contributed by atoms with Crippen molar-refractivity contribution in [3.8, 4) is 0 Å². The van der Waals surface area contributed by atoms with Gasteiger partial charge in [0.1, 0.15) is 5.52 Å². The first kappa shape index (κ1) is 11.8. The number of para-hydroxylation sites is 1. The Labute approximate surface area is 119 Å². The standard InChI is InChI=1S/C14H12N6O/c1-8-17-12(19-21-8)7-20-13-9-4-2-3-5-10(9)16-6-11(13)18-14(20)15/h2-6H,7H2,1H3,(H2,15,18). The van der Waals surface area contributed by atoms with E-state index >= 15 is 0 Å². The fraction of sp³-hybridized carbons (Fsp3) is 0.143. The normalized spacial score (nSPS) is 11.5. The minimum Gasteiger partial charge on any atom is -0.369 e. The molecule has 0 unspecified atom stereocenters. The van der Waals surface area contributed by atoms with Gasteiger partial charge in [-0.15, -0.1) is 0 Å². The fourth-order valence-corrected chi connectivity index (χ4v) is 2.49. The molecule has 2 N–H and O–H groups in total. The van der Waals surface area contributed by atoms with Gasteiger partial charge in [0.15, 0.2) is 5.82 Å². The number of aromatic nitrogens is 5. The Morgan fingerprint density at radius 3 is 2.86 bits per heavy atom. The summed E-state index contributed by atoms with van der Waals surface area (Å²) in [6.07, 6.45) is 1.73. The first-order valence-corrected chi connectivity index (χ1v) is 6.51. The van der Waals surface area contributed by atoms with Gasteiger partial charge in [0.05, 0.1) is 23.8 Å². The van der Waals surface area contributed by atoms with E-state index < -0.39 is 0 Å². The summed E-state index contributed by atoms with van der Waals surface area (Å²) in [5, 5.41) is 4.91. The zero-order chi connectivity index (χ0) is 14.4. The predicted octanol–water partition coefficient (Wildman–Crippen LogP) is 1.91. The van der Waals surface area contributed by atoms with Crippen LogP contribution in [0.25, 0.3) is 21.9 Å². The molecule has 0 saturated carbocycles. The Hall–Kier alpha value is -2.96. The molecule has 0 aliphatic rings. The largest absolute Gasteiger partial charge is 0.369 e. The van der Waals surface area contributed by atoms with Gasteiger partial charge in [0.2, 0.25) is 11.8 Å². The van der Waals surface area contributed by atoms with E-state index in [1.165, 1.54) is 0 Å².